The molecule has 0 aliphatic carbocycles. The van der Waals surface area contributed by atoms with Gasteiger partial charge >= 0.3 is 0 Å². The van der Waals surface area contributed by atoms with Crippen molar-refractivity contribution in [3.8, 4) is 11.5 Å². The standard InChI is InChI=1S/C19H19NO4/c1-23-17-8-7-13(11-18(17)24-2)12-19(22)20-10-9-16(21)14-5-3-4-6-15(14)20/h3-8,11H,9-10,12H2,1-2H3. The van der Waals surface area contributed by atoms with Gasteiger partial charge in [-0.2, -0.15) is 0 Å². The Kier molecular flexibility index (Phi) is 4.51. The summed E-state index contributed by atoms with van der Waals surface area (Å²) in [6.45, 7) is 0.419. The summed E-state index contributed by atoms with van der Waals surface area (Å²) in [5, 5.41) is 0. The Bertz CT molecular complexity index is 785. The fourth-order valence-electron chi connectivity index (χ4n) is 2.93. The maximum absolute atomic E-state index is 12.7. The van der Waals surface area contributed by atoms with Crippen LogP contribution in [0.15, 0.2) is 42.5 Å². The second kappa shape index (κ2) is 6.74. The quantitative estimate of drug-likeness (QED) is 0.867. The molecule has 0 unspecified atom stereocenters. The molecule has 0 saturated carbocycles. The number of methoxy groups -OCH3 is 2. The van der Waals surface area contributed by atoms with E-state index in [0.717, 1.165) is 5.56 Å². The molecule has 1 aliphatic heterocycles. The van der Waals surface area contributed by atoms with Gasteiger partial charge in [0.1, 0.15) is 0 Å². The van der Waals surface area contributed by atoms with E-state index < -0.39 is 0 Å². The number of fused-ring (bicyclic) bond motifs is 1. The molecule has 124 valence electrons. The third kappa shape index (κ3) is 2.97. The van der Waals surface area contributed by atoms with E-state index in [2.05, 4.69) is 0 Å². The first-order chi connectivity index (χ1) is 11.6. The lowest BCUT2D eigenvalue weighted by Gasteiger charge is -2.28. The predicted octanol–water partition coefficient (Wildman–Crippen LogP) is 2.87. The molecule has 2 aromatic carbocycles. The summed E-state index contributed by atoms with van der Waals surface area (Å²) >= 11 is 0. The highest BCUT2D eigenvalue weighted by molar-refractivity contribution is 6.09. The number of hydrogen-bond acceptors (Lipinski definition) is 4. The van der Waals surface area contributed by atoms with Crippen LogP contribution in [0.5, 0.6) is 11.5 Å². The van der Waals surface area contributed by atoms with Crippen molar-refractivity contribution in [1.29, 1.82) is 0 Å². The lowest BCUT2D eigenvalue weighted by Crippen LogP contribution is -2.38. The number of ketones is 1. The minimum absolute atomic E-state index is 0.0397. The Morgan fingerprint density at radius 2 is 1.83 bits per heavy atom. The van der Waals surface area contributed by atoms with Crippen LogP contribution in [0.1, 0.15) is 22.3 Å². The van der Waals surface area contributed by atoms with E-state index in [1.165, 1.54) is 0 Å². The second-order valence-corrected chi connectivity index (χ2v) is 5.60. The normalized spacial score (nSPS) is 13.4. The van der Waals surface area contributed by atoms with E-state index in [9.17, 15) is 9.59 Å². The van der Waals surface area contributed by atoms with E-state index in [4.69, 9.17) is 9.47 Å². The highest BCUT2D eigenvalue weighted by Gasteiger charge is 2.26. The maximum atomic E-state index is 12.7. The molecule has 0 spiro atoms. The van der Waals surface area contributed by atoms with Gasteiger partial charge < -0.3 is 14.4 Å². The minimum Gasteiger partial charge on any atom is -0.493 e. The Hall–Kier alpha value is -2.82. The predicted molar refractivity (Wildman–Crippen MR) is 91.0 cm³/mol. The van der Waals surface area contributed by atoms with E-state index in [1.54, 1.807) is 37.3 Å². The second-order valence-electron chi connectivity index (χ2n) is 5.60. The van der Waals surface area contributed by atoms with Gasteiger partial charge in [0, 0.05) is 18.5 Å². The van der Waals surface area contributed by atoms with Crippen molar-refractivity contribution < 1.29 is 19.1 Å². The molecule has 0 bridgehead atoms. The Labute approximate surface area is 140 Å². The minimum atomic E-state index is -0.0397. The number of rotatable bonds is 4. The monoisotopic (exact) mass is 325 g/mol. The van der Waals surface area contributed by atoms with Gasteiger partial charge in [0.15, 0.2) is 17.3 Å². The zero-order valence-corrected chi connectivity index (χ0v) is 13.7. The molecule has 5 nitrogen and oxygen atoms in total. The van der Waals surface area contributed by atoms with Crippen molar-refractivity contribution in [2.75, 3.05) is 25.7 Å². The summed E-state index contributed by atoms with van der Waals surface area (Å²) in [4.78, 5) is 26.4. The molecular weight excluding hydrogens is 306 g/mol. The van der Waals surface area contributed by atoms with Gasteiger partial charge in [0.2, 0.25) is 5.91 Å². The first kappa shape index (κ1) is 16.1. The van der Waals surface area contributed by atoms with Gasteiger partial charge in [0.25, 0.3) is 0 Å². The molecule has 1 amide bonds. The van der Waals surface area contributed by atoms with Crippen LogP contribution in [0.25, 0.3) is 0 Å². The van der Waals surface area contributed by atoms with Gasteiger partial charge in [-0.15, -0.1) is 0 Å². The molecule has 0 aromatic heterocycles. The number of carbonyl (C=O) groups is 2. The van der Waals surface area contributed by atoms with Gasteiger partial charge in [-0.05, 0) is 29.8 Å². The van der Waals surface area contributed by atoms with Crippen molar-refractivity contribution in [3.63, 3.8) is 0 Å². The van der Waals surface area contributed by atoms with Crippen LogP contribution < -0.4 is 14.4 Å². The molecule has 0 atom stereocenters. The molecule has 0 radical (unpaired) electrons. The fraction of sp³-hybridized carbons (Fsp3) is 0.263. The Morgan fingerprint density at radius 1 is 1.08 bits per heavy atom. The van der Waals surface area contributed by atoms with Crippen LogP contribution in [-0.4, -0.2) is 32.5 Å². The zero-order valence-electron chi connectivity index (χ0n) is 13.7. The zero-order chi connectivity index (χ0) is 17.1. The third-order valence-electron chi connectivity index (χ3n) is 4.16. The van der Waals surface area contributed by atoms with Crippen LogP contribution in [0.2, 0.25) is 0 Å². The van der Waals surface area contributed by atoms with E-state index in [1.807, 2.05) is 24.3 Å². The average Bonchev–Trinajstić information content (AvgIpc) is 2.62. The maximum Gasteiger partial charge on any atom is 0.231 e. The van der Waals surface area contributed by atoms with Gasteiger partial charge in [0.05, 0.1) is 26.3 Å². The SMILES string of the molecule is COc1ccc(CC(=O)N2CCC(=O)c3ccccc32)cc1OC. The van der Waals surface area contributed by atoms with Crippen molar-refractivity contribution >= 4 is 17.4 Å². The van der Waals surface area contributed by atoms with Crippen LogP contribution >= 0.6 is 0 Å². The van der Waals surface area contributed by atoms with Gasteiger partial charge in [-0.25, -0.2) is 0 Å². The molecule has 0 saturated heterocycles. The summed E-state index contributed by atoms with van der Waals surface area (Å²) in [5.41, 5.74) is 2.15. The molecule has 2 aromatic rings. The van der Waals surface area contributed by atoms with Crippen molar-refractivity contribution in [1.82, 2.24) is 0 Å². The van der Waals surface area contributed by atoms with Crippen molar-refractivity contribution in [2.45, 2.75) is 12.8 Å². The molecule has 3 rings (SSSR count). The number of nitrogens with zero attached hydrogens (tertiary/aromatic N) is 1. The van der Waals surface area contributed by atoms with E-state index in [-0.39, 0.29) is 18.1 Å². The molecule has 1 aliphatic rings. The largest absolute Gasteiger partial charge is 0.493 e. The van der Waals surface area contributed by atoms with Crippen LogP contribution in [0.3, 0.4) is 0 Å². The highest BCUT2D eigenvalue weighted by Crippen LogP contribution is 2.30. The number of amides is 1. The van der Waals surface area contributed by atoms with Crippen molar-refractivity contribution in [2.24, 2.45) is 0 Å². The summed E-state index contributed by atoms with van der Waals surface area (Å²) < 4.78 is 10.5. The number of Topliss-reactive ketones (excluding diaryl/α,β-unsaturated/α-hetero) is 1. The van der Waals surface area contributed by atoms with Gasteiger partial charge in [-0.3, -0.25) is 9.59 Å². The lowest BCUT2D eigenvalue weighted by atomic mass is 9.99. The Balaban J connectivity index is 1.83. The van der Waals surface area contributed by atoms with E-state index >= 15 is 0 Å². The third-order valence-corrected chi connectivity index (χ3v) is 4.16. The summed E-state index contributed by atoms with van der Waals surface area (Å²) in [7, 11) is 3.14. The van der Waals surface area contributed by atoms with Crippen LogP contribution in [0.4, 0.5) is 5.69 Å². The first-order valence-electron chi connectivity index (χ1n) is 7.77. The number of anilines is 1. The summed E-state index contributed by atoms with van der Waals surface area (Å²) in [5.74, 6) is 1.27. The van der Waals surface area contributed by atoms with Crippen LogP contribution in [-0.2, 0) is 11.2 Å². The molecule has 0 fully saturated rings. The Morgan fingerprint density at radius 3 is 2.58 bits per heavy atom. The molecule has 24 heavy (non-hydrogen) atoms. The number of carbonyl (C=O) groups excluding carboxylic acids is 2. The first-order valence-corrected chi connectivity index (χ1v) is 7.77. The highest BCUT2D eigenvalue weighted by atomic mass is 16.5. The number of hydrogen-bond donors (Lipinski definition) is 0. The van der Waals surface area contributed by atoms with Gasteiger partial charge in [-0.1, -0.05) is 18.2 Å². The fourth-order valence-corrected chi connectivity index (χ4v) is 2.93. The molecule has 1 heterocycles. The van der Waals surface area contributed by atoms with Crippen molar-refractivity contribution in [3.05, 3.63) is 53.6 Å². The average molecular weight is 325 g/mol. The number of benzene rings is 2. The number of ether oxygens (including phenoxy) is 2. The summed E-state index contributed by atoms with van der Waals surface area (Å²) in [6, 6.07) is 12.7. The smallest absolute Gasteiger partial charge is 0.231 e. The molecular formula is C19H19NO4. The topological polar surface area (TPSA) is 55.8 Å². The molecule has 0 N–H and O–H groups in total. The van der Waals surface area contributed by atoms with E-state index in [0.29, 0.717) is 35.7 Å². The number of para-hydroxylation sites is 1. The summed E-state index contributed by atoms with van der Waals surface area (Å²) in [6.07, 6.45) is 0.595. The van der Waals surface area contributed by atoms with Crippen LogP contribution in [0, 0.1) is 0 Å². The lowest BCUT2D eigenvalue weighted by molar-refractivity contribution is -0.118. The molecule has 5 heteroatoms.